The standard InChI is InChI=1S/C38H20N4/c39-21-28(22-40)31-16-8-15-30(38(31)29(23-41)24-42)25-17-19-27(20-18-25)37-34-13-6-4-11-32(34)36(26-9-2-1-3-10-26)33-12-5-7-14-35(33)37/h1-20H. The third kappa shape index (κ3) is 4.24. The summed E-state index contributed by atoms with van der Waals surface area (Å²) in [7, 11) is 0. The molecule has 4 nitrogen and oxygen atoms in total. The zero-order valence-corrected chi connectivity index (χ0v) is 22.3. The van der Waals surface area contributed by atoms with Gasteiger partial charge in [-0.2, -0.15) is 21.0 Å². The fourth-order valence-corrected chi connectivity index (χ4v) is 5.72. The van der Waals surface area contributed by atoms with E-state index in [2.05, 4.69) is 72.8 Å². The van der Waals surface area contributed by atoms with Gasteiger partial charge >= 0.3 is 0 Å². The molecule has 0 aromatic heterocycles. The molecule has 42 heavy (non-hydrogen) atoms. The van der Waals surface area contributed by atoms with Gasteiger partial charge in [0.05, 0.1) is 0 Å². The van der Waals surface area contributed by atoms with E-state index in [-0.39, 0.29) is 21.6 Å². The van der Waals surface area contributed by atoms with Crippen molar-refractivity contribution in [2.75, 3.05) is 0 Å². The second kappa shape index (κ2) is 11.0. The van der Waals surface area contributed by atoms with E-state index in [1.165, 1.54) is 5.56 Å². The van der Waals surface area contributed by atoms with E-state index in [0.717, 1.165) is 43.8 Å². The summed E-state index contributed by atoms with van der Waals surface area (Å²) in [6.45, 7) is 0. The van der Waals surface area contributed by atoms with Crippen molar-refractivity contribution in [2.24, 2.45) is 0 Å². The molecule has 0 saturated heterocycles. The monoisotopic (exact) mass is 532 g/mol. The van der Waals surface area contributed by atoms with Gasteiger partial charge in [0.15, 0.2) is 0 Å². The van der Waals surface area contributed by atoms with Crippen LogP contribution in [0.1, 0.15) is 0 Å². The molecule has 192 valence electrons. The first-order valence-electron chi connectivity index (χ1n) is 13.3. The summed E-state index contributed by atoms with van der Waals surface area (Å²) in [4.78, 5) is 0. The normalized spacial score (nSPS) is 10.3. The van der Waals surface area contributed by atoms with Crippen LogP contribution in [0, 0.1) is 45.3 Å². The van der Waals surface area contributed by atoms with E-state index in [9.17, 15) is 21.0 Å². The molecular formula is C38H20N4. The molecule has 6 aromatic rings. The molecule has 4 heteroatoms. The molecule has 0 fully saturated rings. The van der Waals surface area contributed by atoms with Gasteiger partial charge in [0.25, 0.3) is 0 Å². The molecular weight excluding hydrogens is 512 g/mol. The minimum Gasteiger partial charge on any atom is -0.192 e. The number of rotatable bonds is 3. The molecule has 6 rings (SSSR count). The first-order valence-corrected chi connectivity index (χ1v) is 13.3. The van der Waals surface area contributed by atoms with Crippen LogP contribution < -0.4 is 10.4 Å². The third-order valence-electron chi connectivity index (χ3n) is 7.51. The van der Waals surface area contributed by atoms with Crippen LogP contribution in [0.5, 0.6) is 0 Å². The Labute approximate surface area is 242 Å². The van der Waals surface area contributed by atoms with Gasteiger partial charge in [0.2, 0.25) is 0 Å². The van der Waals surface area contributed by atoms with Crippen molar-refractivity contribution < 1.29 is 0 Å². The summed E-state index contributed by atoms with van der Waals surface area (Å²) < 4.78 is 0. The number of nitrogens with zero attached hydrogens (tertiary/aromatic N) is 4. The van der Waals surface area contributed by atoms with Gasteiger partial charge in [-0.1, -0.05) is 121 Å². The molecule has 0 atom stereocenters. The molecule has 0 amide bonds. The number of hydrogen-bond donors (Lipinski definition) is 0. The predicted molar refractivity (Wildman–Crippen MR) is 166 cm³/mol. The molecule has 0 bridgehead atoms. The van der Waals surface area contributed by atoms with Crippen LogP contribution in [-0.2, 0) is 0 Å². The third-order valence-corrected chi connectivity index (χ3v) is 7.51. The maximum atomic E-state index is 9.72. The number of fused-ring (bicyclic) bond motifs is 2. The highest BCUT2D eigenvalue weighted by molar-refractivity contribution is 6.21. The Balaban J connectivity index is 1.63. The van der Waals surface area contributed by atoms with Gasteiger partial charge in [0.1, 0.15) is 35.4 Å². The van der Waals surface area contributed by atoms with Gasteiger partial charge in [0, 0.05) is 10.4 Å². The zero-order valence-electron chi connectivity index (χ0n) is 22.3. The van der Waals surface area contributed by atoms with Crippen molar-refractivity contribution in [3.05, 3.63) is 132 Å². The van der Waals surface area contributed by atoms with Crippen LogP contribution in [-0.4, -0.2) is 0 Å². The van der Waals surface area contributed by atoms with Gasteiger partial charge in [-0.3, -0.25) is 0 Å². The maximum absolute atomic E-state index is 9.72. The molecule has 6 aromatic carbocycles. The van der Waals surface area contributed by atoms with Crippen LogP contribution in [0.25, 0.3) is 66.1 Å². The summed E-state index contributed by atoms with van der Waals surface area (Å²) in [5.74, 6) is 0. The summed E-state index contributed by atoms with van der Waals surface area (Å²) in [5, 5.41) is 43.7. The number of nitriles is 4. The summed E-state index contributed by atoms with van der Waals surface area (Å²) in [5.41, 5.74) is 5.57. The van der Waals surface area contributed by atoms with Crippen molar-refractivity contribution >= 4 is 32.7 Å². The molecule has 0 aliphatic rings. The molecule has 0 aliphatic heterocycles. The highest BCUT2D eigenvalue weighted by atomic mass is 14.3. The van der Waals surface area contributed by atoms with Gasteiger partial charge in [-0.25, -0.2) is 0 Å². The predicted octanol–water partition coefficient (Wildman–Crippen LogP) is 7.39. The Bertz CT molecular complexity index is 2230. The van der Waals surface area contributed by atoms with E-state index in [1.807, 2.05) is 54.6 Å². The van der Waals surface area contributed by atoms with Gasteiger partial charge in [-0.05, 0) is 54.9 Å². The van der Waals surface area contributed by atoms with Crippen molar-refractivity contribution in [3.63, 3.8) is 0 Å². The molecule has 0 aliphatic carbocycles. The first kappa shape index (κ1) is 25.8. The number of benzene rings is 6. The van der Waals surface area contributed by atoms with Crippen molar-refractivity contribution in [2.45, 2.75) is 0 Å². The summed E-state index contributed by atoms with van der Waals surface area (Å²) >= 11 is 0. The summed E-state index contributed by atoms with van der Waals surface area (Å²) in [6, 6.07) is 48.1. The van der Waals surface area contributed by atoms with Crippen LogP contribution in [0.15, 0.2) is 121 Å². The van der Waals surface area contributed by atoms with Crippen LogP contribution in [0.3, 0.4) is 0 Å². The molecule has 0 heterocycles. The molecule has 0 N–H and O–H groups in total. The lowest BCUT2D eigenvalue weighted by molar-refractivity contribution is 1.43. The van der Waals surface area contributed by atoms with E-state index >= 15 is 0 Å². The van der Waals surface area contributed by atoms with Crippen molar-refractivity contribution in [1.82, 2.24) is 0 Å². The quantitative estimate of drug-likeness (QED) is 0.222. The molecule has 0 saturated carbocycles. The Morgan fingerprint density at radius 3 is 1.29 bits per heavy atom. The Hall–Kier alpha value is -6.46. The second-order valence-electron chi connectivity index (χ2n) is 9.71. The highest BCUT2D eigenvalue weighted by Gasteiger charge is 2.16. The fraction of sp³-hybridized carbons (Fsp3) is 0. The topological polar surface area (TPSA) is 95.2 Å². The van der Waals surface area contributed by atoms with Crippen molar-refractivity contribution in [1.29, 1.82) is 21.0 Å². The Morgan fingerprint density at radius 2 is 0.810 bits per heavy atom. The molecule has 0 radical (unpaired) electrons. The van der Waals surface area contributed by atoms with Gasteiger partial charge < -0.3 is 0 Å². The SMILES string of the molecule is N#CC(C#N)=c1cccc(-c2ccc(-c3c4ccccc4c(-c4ccccc4)c4ccccc34)cc2)c1=C(C#N)C#N. The van der Waals surface area contributed by atoms with Crippen molar-refractivity contribution in [3.8, 4) is 57.7 Å². The van der Waals surface area contributed by atoms with E-state index in [4.69, 9.17) is 0 Å². The minimum atomic E-state index is -0.152. The minimum absolute atomic E-state index is 0.150. The fourth-order valence-electron chi connectivity index (χ4n) is 5.72. The Morgan fingerprint density at radius 1 is 0.381 bits per heavy atom. The lowest BCUT2D eigenvalue weighted by Crippen LogP contribution is -2.30. The van der Waals surface area contributed by atoms with E-state index < -0.39 is 0 Å². The second-order valence-corrected chi connectivity index (χ2v) is 9.71. The van der Waals surface area contributed by atoms with Crippen LogP contribution in [0.4, 0.5) is 0 Å². The average molecular weight is 533 g/mol. The molecule has 0 unspecified atom stereocenters. The highest BCUT2D eigenvalue weighted by Crippen LogP contribution is 2.43. The lowest BCUT2D eigenvalue weighted by Gasteiger charge is -2.18. The van der Waals surface area contributed by atoms with E-state index in [0.29, 0.717) is 5.56 Å². The Kier molecular flexibility index (Phi) is 6.73. The summed E-state index contributed by atoms with van der Waals surface area (Å²) in [6.07, 6.45) is 0. The molecule has 0 spiro atoms. The maximum Gasteiger partial charge on any atom is 0.138 e. The van der Waals surface area contributed by atoms with Gasteiger partial charge in [-0.15, -0.1) is 0 Å². The largest absolute Gasteiger partial charge is 0.192 e. The average Bonchev–Trinajstić information content (AvgIpc) is 3.05. The van der Waals surface area contributed by atoms with Crippen LogP contribution >= 0.6 is 0 Å². The van der Waals surface area contributed by atoms with E-state index in [1.54, 1.807) is 18.2 Å². The first-order chi connectivity index (χ1) is 20.7. The smallest absolute Gasteiger partial charge is 0.138 e. The van der Waals surface area contributed by atoms with Crippen LogP contribution in [0.2, 0.25) is 0 Å². The zero-order chi connectivity index (χ0) is 29.1. The lowest BCUT2D eigenvalue weighted by atomic mass is 9.85. The number of hydrogen-bond acceptors (Lipinski definition) is 4.